The summed E-state index contributed by atoms with van der Waals surface area (Å²) in [4.78, 5) is 19.4. The van der Waals surface area contributed by atoms with Gasteiger partial charge in [-0.15, -0.1) is 0 Å². The maximum absolute atomic E-state index is 12.8. The van der Waals surface area contributed by atoms with Gasteiger partial charge in [-0.05, 0) is 25.1 Å². The van der Waals surface area contributed by atoms with Crippen LogP contribution < -0.4 is 0 Å². The second kappa shape index (κ2) is 6.33. The van der Waals surface area contributed by atoms with E-state index < -0.39 is 0 Å². The first-order chi connectivity index (χ1) is 10.3. The molecule has 1 aliphatic heterocycles. The van der Waals surface area contributed by atoms with E-state index in [-0.39, 0.29) is 11.9 Å². The number of ketones is 1. The highest BCUT2D eigenvalue weighted by Crippen LogP contribution is 2.20. The molecule has 2 heterocycles. The van der Waals surface area contributed by atoms with Gasteiger partial charge in [0.15, 0.2) is 5.78 Å². The molecule has 1 atom stereocenters. The molecule has 1 aromatic carbocycles. The smallest absolute Gasteiger partial charge is 0.195 e. The third-order valence-electron chi connectivity index (χ3n) is 3.88. The zero-order chi connectivity index (χ0) is 14.7. The van der Waals surface area contributed by atoms with Crippen LogP contribution in [0.1, 0.15) is 23.7 Å². The number of aromatic nitrogens is 1. The van der Waals surface area contributed by atoms with Crippen LogP contribution >= 0.6 is 0 Å². The third kappa shape index (κ3) is 2.96. The molecule has 0 N–H and O–H groups in total. The van der Waals surface area contributed by atoms with E-state index in [2.05, 4.69) is 16.8 Å². The number of fused-ring (bicyclic) bond motifs is 1. The Morgan fingerprint density at radius 2 is 2.24 bits per heavy atom. The average Bonchev–Trinajstić information content (AvgIpc) is 2.54. The number of morpholine rings is 1. The molecular weight excluding hydrogens is 264 g/mol. The van der Waals surface area contributed by atoms with E-state index in [1.165, 1.54) is 0 Å². The molecule has 1 aliphatic rings. The fourth-order valence-electron chi connectivity index (χ4n) is 2.86. The minimum absolute atomic E-state index is 0.0418. The van der Waals surface area contributed by atoms with Crippen LogP contribution in [-0.2, 0) is 4.74 Å². The van der Waals surface area contributed by atoms with Crippen LogP contribution in [0.5, 0.6) is 0 Å². The molecule has 1 fully saturated rings. The Kier molecular flexibility index (Phi) is 4.27. The minimum atomic E-state index is -0.377. The second-order valence-electron chi connectivity index (χ2n) is 5.40. The van der Waals surface area contributed by atoms with Crippen LogP contribution in [0.15, 0.2) is 36.5 Å². The Bertz CT molecular complexity index is 634. The number of carbonyl (C=O) groups excluding carboxylic acids is 1. The van der Waals surface area contributed by atoms with Gasteiger partial charge < -0.3 is 4.74 Å². The molecule has 3 rings (SSSR count). The van der Waals surface area contributed by atoms with Crippen LogP contribution in [0.25, 0.3) is 10.9 Å². The van der Waals surface area contributed by atoms with Crippen molar-refractivity contribution in [1.82, 2.24) is 9.88 Å². The first-order valence-corrected chi connectivity index (χ1v) is 7.51. The molecular formula is C17H20N2O2. The number of pyridine rings is 1. The number of rotatable bonds is 4. The first-order valence-electron chi connectivity index (χ1n) is 7.51. The van der Waals surface area contributed by atoms with E-state index in [0.29, 0.717) is 18.7 Å². The lowest BCUT2D eigenvalue weighted by molar-refractivity contribution is -0.0163. The van der Waals surface area contributed by atoms with Crippen molar-refractivity contribution in [2.75, 3.05) is 26.2 Å². The number of carbonyl (C=O) groups is 1. The number of Topliss-reactive ketones (excluding diaryl/α,β-unsaturated/α-hetero) is 1. The van der Waals surface area contributed by atoms with Gasteiger partial charge in [0.25, 0.3) is 0 Å². The topological polar surface area (TPSA) is 42.4 Å². The third-order valence-corrected chi connectivity index (χ3v) is 3.88. The summed E-state index contributed by atoms with van der Waals surface area (Å²) < 4.78 is 5.70. The highest BCUT2D eigenvalue weighted by Gasteiger charge is 2.28. The number of ether oxygens (including phenoxy) is 1. The van der Waals surface area contributed by atoms with E-state index in [1.54, 1.807) is 6.20 Å². The monoisotopic (exact) mass is 284 g/mol. The van der Waals surface area contributed by atoms with Crippen LogP contribution in [0, 0.1) is 0 Å². The van der Waals surface area contributed by atoms with Gasteiger partial charge in [0.2, 0.25) is 0 Å². The molecule has 1 aromatic heterocycles. The zero-order valence-corrected chi connectivity index (χ0v) is 12.3. The molecule has 0 radical (unpaired) electrons. The van der Waals surface area contributed by atoms with Crippen LogP contribution in [0.4, 0.5) is 0 Å². The Labute approximate surface area is 124 Å². The van der Waals surface area contributed by atoms with Gasteiger partial charge in [0.05, 0.1) is 12.1 Å². The molecule has 2 aromatic rings. The van der Waals surface area contributed by atoms with E-state index in [1.807, 2.05) is 30.3 Å². The van der Waals surface area contributed by atoms with Gasteiger partial charge in [-0.3, -0.25) is 14.7 Å². The summed E-state index contributed by atoms with van der Waals surface area (Å²) in [7, 11) is 0. The molecule has 0 saturated carbocycles. The highest BCUT2D eigenvalue weighted by molar-refractivity contribution is 6.08. The largest absolute Gasteiger partial charge is 0.367 e. The molecule has 4 heteroatoms. The predicted octanol–water partition coefficient (Wildman–Crippen LogP) is 2.53. The SMILES string of the molecule is CCCN1CCOC(C(=O)c2cccc3cccnc23)C1. The molecule has 110 valence electrons. The first kappa shape index (κ1) is 14.2. The van der Waals surface area contributed by atoms with Crippen LogP contribution in [-0.4, -0.2) is 48.0 Å². The molecule has 21 heavy (non-hydrogen) atoms. The molecule has 0 spiro atoms. The highest BCUT2D eigenvalue weighted by atomic mass is 16.5. The van der Waals surface area contributed by atoms with Crippen LogP contribution in [0.2, 0.25) is 0 Å². The maximum atomic E-state index is 12.8. The summed E-state index contributed by atoms with van der Waals surface area (Å²) in [6, 6.07) is 9.59. The zero-order valence-electron chi connectivity index (χ0n) is 12.3. The Morgan fingerprint density at radius 3 is 3.10 bits per heavy atom. The van der Waals surface area contributed by atoms with E-state index in [9.17, 15) is 4.79 Å². The molecule has 4 nitrogen and oxygen atoms in total. The summed E-state index contributed by atoms with van der Waals surface area (Å²) in [6.45, 7) is 5.37. The van der Waals surface area contributed by atoms with Gasteiger partial charge in [-0.25, -0.2) is 0 Å². The average molecular weight is 284 g/mol. The lowest BCUT2D eigenvalue weighted by atomic mass is 10.0. The molecule has 1 saturated heterocycles. The maximum Gasteiger partial charge on any atom is 0.195 e. The standard InChI is InChI=1S/C17H20N2O2/c1-2-9-19-10-11-21-15(12-19)17(20)14-7-3-5-13-6-4-8-18-16(13)14/h3-8,15H,2,9-12H2,1H3. The molecule has 1 unspecified atom stereocenters. The van der Waals surface area contributed by atoms with Gasteiger partial charge in [0, 0.05) is 30.2 Å². The fraction of sp³-hybridized carbons (Fsp3) is 0.412. The lowest BCUT2D eigenvalue weighted by Gasteiger charge is -2.31. The van der Waals surface area contributed by atoms with Crippen molar-refractivity contribution in [3.05, 3.63) is 42.1 Å². The minimum Gasteiger partial charge on any atom is -0.367 e. The van der Waals surface area contributed by atoms with E-state index in [4.69, 9.17) is 4.74 Å². The number of para-hydroxylation sites is 1. The van der Waals surface area contributed by atoms with Gasteiger partial charge in [-0.2, -0.15) is 0 Å². The molecule has 0 amide bonds. The Morgan fingerprint density at radius 1 is 1.38 bits per heavy atom. The lowest BCUT2D eigenvalue weighted by Crippen LogP contribution is -2.46. The number of hydrogen-bond acceptors (Lipinski definition) is 4. The normalized spacial score (nSPS) is 19.8. The van der Waals surface area contributed by atoms with Crippen molar-refractivity contribution in [2.24, 2.45) is 0 Å². The fourth-order valence-corrected chi connectivity index (χ4v) is 2.86. The second-order valence-corrected chi connectivity index (χ2v) is 5.40. The van der Waals surface area contributed by atoms with Crippen molar-refractivity contribution < 1.29 is 9.53 Å². The van der Waals surface area contributed by atoms with Gasteiger partial charge in [0.1, 0.15) is 6.10 Å². The van der Waals surface area contributed by atoms with E-state index >= 15 is 0 Å². The van der Waals surface area contributed by atoms with Crippen molar-refractivity contribution >= 4 is 16.7 Å². The summed E-state index contributed by atoms with van der Waals surface area (Å²) in [5.41, 5.74) is 1.43. The van der Waals surface area contributed by atoms with Crippen molar-refractivity contribution in [2.45, 2.75) is 19.4 Å². The Balaban J connectivity index is 1.86. The summed E-state index contributed by atoms with van der Waals surface area (Å²) in [5, 5.41) is 0.990. The number of hydrogen-bond donors (Lipinski definition) is 0. The van der Waals surface area contributed by atoms with Gasteiger partial charge >= 0.3 is 0 Å². The summed E-state index contributed by atoms with van der Waals surface area (Å²) >= 11 is 0. The Hall–Kier alpha value is -1.78. The van der Waals surface area contributed by atoms with Crippen molar-refractivity contribution in [3.63, 3.8) is 0 Å². The number of nitrogens with zero attached hydrogens (tertiary/aromatic N) is 2. The quantitative estimate of drug-likeness (QED) is 0.809. The van der Waals surface area contributed by atoms with Gasteiger partial charge in [-0.1, -0.05) is 25.1 Å². The molecule has 0 aliphatic carbocycles. The van der Waals surface area contributed by atoms with E-state index in [0.717, 1.165) is 30.4 Å². The van der Waals surface area contributed by atoms with Crippen molar-refractivity contribution in [1.29, 1.82) is 0 Å². The van der Waals surface area contributed by atoms with Crippen LogP contribution in [0.3, 0.4) is 0 Å². The summed E-state index contributed by atoms with van der Waals surface area (Å²) in [5.74, 6) is 0.0418. The summed E-state index contributed by atoms with van der Waals surface area (Å²) in [6.07, 6.45) is 2.44. The molecule has 0 bridgehead atoms. The van der Waals surface area contributed by atoms with Crippen molar-refractivity contribution in [3.8, 4) is 0 Å². The number of benzene rings is 1. The predicted molar refractivity (Wildman–Crippen MR) is 82.5 cm³/mol.